The molecule has 0 saturated carbocycles. The molecule has 2 N–H and O–H groups in total. The van der Waals surface area contributed by atoms with Crippen molar-refractivity contribution in [3.63, 3.8) is 0 Å². The quantitative estimate of drug-likeness (QED) is 0.738. The fourth-order valence-electron chi connectivity index (χ4n) is 3.63. The second-order valence-corrected chi connectivity index (χ2v) is 7.50. The lowest BCUT2D eigenvalue weighted by atomic mass is 9.90. The summed E-state index contributed by atoms with van der Waals surface area (Å²) < 4.78 is 0. The Morgan fingerprint density at radius 2 is 1.48 bits per heavy atom. The van der Waals surface area contributed by atoms with E-state index < -0.39 is 0 Å². The molecule has 3 rings (SSSR count). The molecule has 0 radical (unpaired) electrons. The van der Waals surface area contributed by atoms with Crippen molar-refractivity contribution in [3.05, 3.63) is 60.2 Å². The van der Waals surface area contributed by atoms with Crippen LogP contribution in [0.1, 0.15) is 31.7 Å². The van der Waals surface area contributed by atoms with E-state index in [1.54, 1.807) is 29.2 Å². The second kappa shape index (κ2) is 9.87. The molecule has 0 aromatic heterocycles. The summed E-state index contributed by atoms with van der Waals surface area (Å²) in [6, 6.07) is 17.2. The highest BCUT2D eigenvalue weighted by atomic mass is 16.2. The van der Waals surface area contributed by atoms with Gasteiger partial charge in [0.1, 0.15) is 6.42 Å². The van der Waals surface area contributed by atoms with E-state index in [4.69, 9.17) is 0 Å². The zero-order chi connectivity index (χ0) is 20.6. The van der Waals surface area contributed by atoms with Gasteiger partial charge < -0.3 is 15.5 Å². The summed E-state index contributed by atoms with van der Waals surface area (Å²) in [7, 11) is 0. The van der Waals surface area contributed by atoms with E-state index in [1.807, 2.05) is 6.07 Å². The monoisotopic (exact) mass is 393 g/mol. The minimum atomic E-state index is -0.325. The zero-order valence-corrected chi connectivity index (χ0v) is 16.7. The Morgan fingerprint density at radius 1 is 0.897 bits per heavy atom. The third-order valence-electron chi connectivity index (χ3n) is 5.14. The van der Waals surface area contributed by atoms with E-state index >= 15 is 0 Å². The number of carbonyl (C=O) groups excluding carboxylic acids is 3. The molecule has 0 bridgehead atoms. The summed E-state index contributed by atoms with van der Waals surface area (Å²) in [6.07, 6.45) is 2.81. The van der Waals surface area contributed by atoms with E-state index in [0.717, 1.165) is 19.3 Å². The van der Waals surface area contributed by atoms with Gasteiger partial charge in [-0.1, -0.05) is 30.3 Å². The van der Waals surface area contributed by atoms with Crippen LogP contribution in [0.25, 0.3) is 0 Å². The molecule has 29 heavy (non-hydrogen) atoms. The lowest BCUT2D eigenvalue weighted by Crippen LogP contribution is -2.40. The Balaban J connectivity index is 1.42. The lowest BCUT2D eigenvalue weighted by Gasteiger charge is -2.32. The highest BCUT2D eigenvalue weighted by Crippen LogP contribution is 2.22. The van der Waals surface area contributed by atoms with Crippen LogP contribution in [-0.2, 0) is 20.8 Å². The maximum atomic E-state index is 12.5. The summed E-state index contributed by atoms with van der Waals surface area (Å²) in [5.74, 6) is -0.0264. The molecule has 1 aliphatic heterocycles. The average Bonchev–Trinajstić information content (AvgIpc) is 2.70. The highest BCUT2D eigenvalue weighted by Gasteiger charge is 2.24. The fraction of sp³-hybridized carbons (Fsp3) is 0.348. The lowest BCUT2D eigenvalue weighted by molar-refractivity contribution is -0.135. The smallest absolute Gasteiger partial charge is 0.233 e. The number of hydrogen-bond donors (Lipinski definition) is 2. The van der Waals surface area contributed by atoms with Crippen LogP contribution in [0.5, 0.6) is 0 Å². The minimum absolute atomic E-state index is 0.129. The predicted molar refractivity (Wildman–Crippen MR) is 113 cm³/mol. The maximum Gasteiger partial charge on any atom is 0.233 e. The van der Waals surface area contributed by atoms with Crippen molar-refractivity contribution < 1.29 is 14.4 Å². The zero-order valence-electron chi connectivity index (χ0n) is 16.7. The third kappa shape index (κ3) is 6.45. The van der Waals surface area contributed by atoms with Crippen molar-refractivity contribution in [2.45, 2.75) is 32.6 Å². The third-order valence-corrected chi connectivity index (χ3v) is 5.14. The normalized spacial score (nSPS) is 14.3. The molecular weight excluding hydrogens is 366 g/mol. The van der Waals surface area contributed by atoms with Crippen LogP contribution in [0.4, 0.5) is 11.4 Å². The number of carbonyl (C=O) groups is 3. The molecule has 1 aliphatic rings. The van der Waals surface area contributed by atoms with Gasteiger partial charge in [0, 0.05) is 31.4 Å². The van der Waals surface area contributed by atoms with Crippen molar-refractivity contribution in [1.29, 1.82) is 0 Å². The summed E-state index contributed by atoms with van der Waals surface area (Å²) in [5.41, 5.74) is 2.59. The summed E-state index contributed by atoms with van der Waals surface area (Å²) in [5, 5.41) is 5.40. The number of nitrogens with zero attached hydrogens (tertiary/aromatic N) is 1. The van der Waals surface area contributed by atoms with Crippen LogP contribution in [0, 0.1) is 5.92 Å². The van der Waals surface area contributed by atoms with Crippen LogP contribution in [0.3, 0.4) is 0 Å². The molecule has 3 amide bonds. The summed E-state index contributed by atoms with van der Waals surface area (Å²) >= 11 is 0. The van der Waals surface area contributed by atoms with Crippen LogP contribution in [-0.4, -0.2) is 35.7 Å². The first-order chi connectivity index (χ1) is 14.0. The highest BCUT2D eigenvalue weighted by molar-refractivity contribution is 6.03. The van der Waals surface area contributed by atoms with E-state index in [0.29, 0.717) is 30.4 Å². The molecule has 6 heteroatoms. The number of likely N-dealkylation sites (tertiary alicyclic amines) is 1. The molecule has 0 spiro atoms. The standard InChI is InChI=1S/C23H27N3O3/c1-17(27)24-20-7-9-21(10-8-20)25-22(28)16-23(29)26-13-11-19(12-14-26)15-18-5-3-2-4-6-18/h2-10,19H,11-16H2,1H3,(H,24,27)(H,25,28). The van der Waals surface area contributed by atoms with Gasteiger partial charge in [-0.3, -0.25) is 14.4 Å². The van der Waals surface area contributed by atoms with Crippen LogP contribution in [0.2, 0.25) is 0 Å². The Hall–Kier alpha value is -3.15. The molecular formula is C23H27N3O3. The van der Waals surface area contributed by atoms with Gasteiger partial charge in [-0.05, 0) is 55.0 Å². The number of piperidine rings is 1. The first kappa shape index (κ1) is 20.6. The molecule has 2 aromatic rings. The summed E-state index contributed by atoms with van der Waals surface area (Å²) in [4.78, 5) is 37.5. The topological polar surface area (TPSA) is 78.5 Å². The number of benzene rings is 2. The van der Waals surface area contributed by atoms with Gasteiger partial charge in [-0.25, -0.2) is 0 Å². The van der Waals surface area contributed by atoms with Gasteiger partial charge in [0.05, 0.1) is 0 Å². The Kier molecular flexibility index (Phi) is 7.00. The molecule has 2 aromatic carbocycles. The number of amides is 3. The van der Waals surface area contributed by atoms with E-state index in [2.05, 4.69) is 34.9 Å². The maximum absolute atomic E-state index is 12.5. The van der Waals surface area contributed by atoms with Crippen molar-refractivity contribution in [2.75, 3.05) is 23.7 Å². The minimum Gasteiger partial charge on any atom is -0.342 e. The molecule has 1 heterocycles. The van der Waals surface area contributed by atoms with Crippen molar-refractivity contribution in [2.24, 2.45) is 5.92 Å². The predicted octanol–water partition coefficient (Wildman–Crippen LogP) is 3.45. The number of anilines is 2. The van der Waals surface area contributed by atoms with Crippen molar-refractivity contribution in [1.82, 2.24) is 4.90 Å². The van der Waals surface area contributed by atoms with Crippen molar-refractivity contribution in [3.8, 4) is 0 Å². The van der Waals surface area contributed by atoms with Gasteiger partial charge in [-0.2, -0.15) is 0 Å². The molecule has 0 atom stereocenters. The molecule has 1 saturated heterocycles. The number of hydrogen-bond acceptors (Lipinski definition) is 3. The fourth-order valence-corrected chi connectivity index (χ4v) is 3.63. The first-order valence-corrected chi connectivity index (χ1v) is 9.99. The van der Waals surface area contributed by atoms with Crippen LogP contribution in [0.15, 0.2) is 54.6 Å². The van der Waals surface area contributed by atoms with Gasteiger partial charge in [0.15, 0.2) is 0 Å². The summed E-state index contributed by atoms with van der Waals surface area (Å²) in [6.45, 7) is 2.84. The van der Waals surface area contributed by atoms with Gasteiger partial charge in [-0.15, -0.1) is 0 Å². The van der Waals surface area contributed by atoms with Crippen LogP contribution >= 0.6 is 0 Å². The van der Waals surface area contributed by atoms with E-state index in [1.165, 1.54) is 12.5 Å². The molecule has 0 unspecified atom stereocenters. The Morgan fingerprint density at radius 3 is 2.07 bits per heavy atom. The van der Waals surface area contributed by atoms with Gasteiger partial charge >= 0.3 is 0 Å². The molecule has 0 aliphatic carbocycles. The van der Waals surface area contributed by atoms with Crippen LogP contribution < -0.4 is 10.6 Å². The van der Waals surface area contributed by atoms with Crippen molar-refractivity contribution >= 4 is 29.1 Å². The SMILES string of the molecule is CC(=O)Nc1ccc(NC(=O)CC(=O)N2CCC(Cc3ccccc3)CC2)cc1. The van der Waals surface area contributed by atoms with E-state index in [-0.39, 0.29) is 24.1 Å². The Labute approximate surface area is 171 Å². The molecule has 1 fully saturated rings. The number of nitrogens with one attached hydrogen (secondary N) is 2. The second-order valence-electron chi connectivity index (χ2n) is 7.50. The molecule has 152 valence electrons. The Bertz CT molecular complexity index is 841. The largest absolute Gasteiger partial charge is 0.342 e. The van der Waals surface area contributed by atoms with Gasteiger partial charge in [0.2, 0.25) is 17.7 Å². The first-order valence-electron chi connectivity index (χ1n) is 9.99. The van der Waals surface area contributed by atoms with E-state index in [9.17, 15) is 14.4 Å². The average molecular weight is 393 g/mol. The van der Waals surface area contributed by atoms with Gasteiger partial charge in [0.25, 0.3) is 0 Å². The number of rotatable bonds is 6. The molecule has 6 nitrogen and oxygen atoms in total.